The van der Waals surface area contributed by atoms with Crippen molar-refractivity contribution in [2.24, 2.45) is 5.73 Å². The summed E-state index contributed by atoms with van der Waals surface area (Å²) in [5.74, 6) is 0.256. The Kier molecular flexibility index (Phi) is 7.30. The normalized spacial score (nSPS) is 18.2. The Balaban J connectivity index is 0.00000225. The number of benzene rings is 2. The number of halogens is 2. The van der Waals surface area contributed by atoms with Crippen LogP contribution in [0.3, 0.4) is 0 Å². The Bertz CT molecular complexity index is 680. The number of nitrogens with two attached hydrogens (primary N) is 1. The van der Waals surface area contributed by atoms with Crippen molar-refractivity contribution >= 4 is 29.9 Å². The fourth-order valence-corrected chi connectivity index (χ4v) is 3.59. The minimum absolute atomic E-state index is 0. The zero-order valence-electron chi connectivity index (χ0n) is 14.1. The molecule has 1 heterocycles. The zero-order valence-corrected chi connectivity index (χ0v) is 15.7. The second-order valence-corrected chi connectivity index (χ2v) is 6.92. The number of rotatable bonds is 5. The van der Waals surface area contributed by atoms with Crippen molar-refractivity contribution in [2.75, 3.05) is 13.1 Å². The molecule has 2 aromatic rings. The van der Waals surface area contributed by atoms with E-state index in [1.165, 1.54) is 18.4 Å². The number of piperidine rings is 1. The average molecular weight is 379 g/mol. The standard InChI is InChI=1S/C20H23ClN2O.ClH/c21-18-9-7-16(8-10-18)19(12-20(22)24)15-5-3-14(4-6-15)17-2-1-11-23-13-17;/h3-10,17,19,23H,1-2,11-13H2,(H2,22,24);1H/t17?,19-;/m0./s1. The van der Waals surface area contributed by atoms with Crippen LogP contribution in [0.5, 0.6) is 0 Å². The number of nitrogens with one attached hydrogen (secondary N) is 1. The summed E-state index contributed by atoms with van der Waals surface area (Å²) >= 11 is 5.98. The van der Waals surface area contributed by atoms with Crippen molar-refractivity contribution < 1.29 is 4.79 Å². The summed E-state index contributed by atoms with van der Waals surface area (Å²) in [5.41, 5.74) is 9.01. The van der Waals surface area contributed by atoms with Gasteiger partial charge in [0.25, 0.3) is 0 Å². The first kappa shape index (κ1) is 19.8. The van der Waals surface area contributed by atoms with Gasteiger partial charge in [0.15, 0.2) is 0 Å². The lowest BCUT2D eigenvalue weighted by Gasteiger charge is -2.24. The lowest BCUT2D eigenvalue weighted by molar-refractivity contribution is -0.118. The summed E-state index contributed by atoms with van der Waals surface area (Å²) in [5, 5.41) is 4.15. The second kappa shape index (κ2) is 9.23. The summed E-state index contributed by atoms with van der Waals surface area (Å²) in [6.07, 6.45) is 2.75. The maximum atomic E-state index is 11.5. The molecule has 5 heteroatoms. The van der Waals surface area contributed by atoms with E-state index in [1.54, 1.807) is 0 Å². The molecular weight excluding hydrogens is 355 g/mol. The van der Waals surface area contributed by atoms with Crippen LogP contribution in [0.15, 0.2) is 48.5 Å². The third-order valence-electron chi connectivity index (χ3n) is 4.78. The number of hydrogen-bond acceptors (Lipinski definition) is 2. The first-order valence-electron chi connectivity index (χ1n) is 8.48. The van der Waals surface area contributed by atoms with Gasteiger partial charge < -0.3 is 11.1 Å². The molecule has 3 nitrogen and oxygen atoms in total. The van der Waals surface area contributed by atoms with Gasteiger partial charge in [-0.2, -0.15) is 0 Å². The number of carbonyl (C=O) groups excluding carboxylic acids is 1. The molecule has 0 saturated carbocycles. The number of hydrogen-bond donors (Lipinski definition) is 2. The van der Waals surface area contributed by atoms with E-state index in [2.05, 4.69) is 29.6 Å². The van der Waals surface area contributed by atoms with Gasteiger partial charge in [-0.05, 0) is 54.1 Å². The van der Waals surface area contributed by atoms with E-state index >= 15 is 0 Å². The predicted octanol–water partition coefficient (Wildman–Crippen LogP) is 4.24. The summed E-state index contributed by atoms with van der Waals surface area (Å²) in [6, 6.07) is 16.3. The summed E-state index contributed by atoms with van der Waals surface area (Å²) < 4.78 is 0. The van der Waals surface area contributed by atoms with Gasteiger partial charge in [-0.3, -0.25) is 4.79 Å². The van der Waals surface area contributed by atoms with Gasteiger partial charge in [-0.15, -0.1) is 12.4 Å². The van der Waals surface area contributed by atoms with Crippen LogP contribution in [0.2, 0.25) is 5.02 Å². The van der Waals surface area contributed by atoms with Gasteiger partial charge in [-0.25, -0.2) is 0 Å². The van der Waals surface area contributed by atoms with E-state index in [9.17, 15) is 4.79 Å². The third-order valence-corrected chi connectivity index (χ3v) is 5.04. The summed E-state index contributed by atoms with van der Waals surface area (Å²) in [6.45, 7) is 2.16. The molecule has 0 aliphatic carbocycles. The van der Waals surface area contributed by atoms with Gasteiger partial charge in [0.1, 0.15) is 0 Å². The highest BCUT2D eigenvalue weighted by atomic mass is 35.5. The minimum atomic E-state index is -0.296. The molecule has 1 unspecified atom stereocenters. The van der Waals surface area contributed by atoms with Crippen LogP contribution in [-0.2, 0) is 4.79 Å². The highest BCUT2D eigenvalue weighted by Gasteiger charge is 2.19. The maximum Gasteiger partial charge on any atom is 0.218 e. The van der Waals surface area contributed by atoms with Crippen LogP contribution in [0.4, 0.5) is 0 Å². The van der Waals surface area contributed by atoms with Crippen molar-refractivity contribution in [3.05, 3.63) is 70.2 Å². The van der Waals surface area contributed by atoms with Crippen LogP contribution in [0.1, 0.15) is 47.8 Å². The van der Waals surface area contributed by atoms with E-state index in [-0.39, 0.29) is 24.2 Å². The Morgan fingerprint density at radius 1 is 1.12 bits per heavy atom. The molecule has 1 fully saturated rings. The third kappa shape index (κ3) is 5.21. The molecule has 25 heavy (non-hydrogen) atoms. The Morgan fingerprint density at radius 3 is 2.24 bits per heavy atom. The lowest BCUT2D eigenvalue weighted by atomic mass is 9.85. The minimum Gasteiger partial charge on any atom is -0.370 e. The molecule has 2 atom stereocenters. The first-order valence-corrected chi connectivity index (χ1v) is 8.85. The smallest absolute Gasteiger partial charge is 0.218 e. The molecule has 2 aromatic carbocycles. The Morgan fingerprint density at radius 2 is 1.72 bits per heavy atom. The molecule has 0 aromatic heterocycles. The zero-order chi connectivity index (χ0) is 16.9. The van der Waals surface area contributed by atoms with Crippen molar-refractivity contribution in [2.45, 2.75) is 31.1 Å². The fourth-order valence-electron chi connectivity index (χ4n) is 3.46. The van der Waals surface area contributed by atoms with Crippen LogP contribution in [-0.4, -0.2) is 19.0 Å². The van der Waals surface area contributed by atoms with E-state index in [0.29, 0.717) is 17.4 Å². The fraction of sp³-hybridized carbons (Fsp3) is 0.350. The van der Waals surface area contributed by atoms with Crippen LogP contribution >= 0.6 is 24.0 Å². The molecule has 3 rings (SSSR count). The number of carbonyl (C=O) groups is 1. The molecule has 0 spiro atoms. The van der Waals surface area contributed by atoms with Crippen molar-refractivity contribution in [1.29, 1.82) is 0 Å². The van der Waals surface area contributed by atoms with Gasteiger partial charge in [0, 0.05) is 23.9 Å². The average Bonchev–Trinajstić information content (AvgIpc) is 2.61. The predicted molar refractivity (Wildman–Crippen MR) is 106 cm³/mol. The lowest BCUT2D eigenvalue weighted by Crippen LogP contribution is -2.28. The van der Waals surface area contributed by atoms with Gasteiger partial charge in [0.2, 0.25) is 5.91 Å². The van der Waals surface area contributed by atoms with Crippen molar-refractivity contribution in [1.82, 2.24) is 5.32 Å². The monoisotopic (exact) mass is 378 g/mol. The van der Waals surface area contributed by atoms with Crippen molar-refractivity contribution in [3.8, 4) is 0 Å². The molecule has 1 saturated heterocycles. The van der Waals surface area contributed by atoms with E-state index in [0.717, 1.165) is 24.2 Å². The SMILES string of the molecule is Cl.NC(=O)C[C@H](c1ccc(Cl)cc1)c1ccc(C2CCCNC2)cc1. The maximum absolute atomic E-state index is 11.5. The number of amides is 1. The highest BCUT2D eigenvalue weighted by molar-refractivity contribution is 6.30. The molecule has 0 bridgehead atoms. The Labute approximate surface area is 160 Å². The molecule has 0 radical (unpaired) electrons. The molecule has 1 aliphatic heterocycles. The van der Waals surface area contributed by atoms with Gasteiger partial charge in [0.05, 0.1) is 0 Å². The summed E-state index contributed by atoms with van der Waals surface area (Å²) in [4.78, 5) is 11.5. The topological polar surface area (TPSA) is 55.1 Å². The van der Waals surface area contributed by atoms with Crippen molar-refractivity contribution in [3.63, 3.8) is 0 Å². The molecule has 3 N–H and O–H groups in total. The van der Waals surface area contributed by atoms with Gasteiger partial charge >= 0.3 is 0 Å². The van der Waals surface area contributed by atoms with Crippen LogP contribution in [0, 0.1) is 0 Å². The van der Waals surface area contributed by atoms with E-state index in [1.807, 2.05) is 24.3 Å². The Hall–Kier alpha value is -1.55. The van der Waals surface area contributed by atoms with E-state index in [4.69, 9.17) is 17.3 Å². The summed E-state index contributed by atoms with van der Waals surface area (Å²) in [7, 11) is 0. The quantitative estimate of drug-likeness (QED) is 0.817. The highest BCUT2D eigenvalue weighted by Crippen LogP contribution is 2.31. The van der Waals surface area contributed by atoms with Crippen LogP contribution < -0.4 is 11.1 Å². The molecule has 134 valence electrons. The second-order valence-electron chi connectivity index (χ2n) is 6.48. The molecule has 1 amide bonds. The number of primary amides is 1. The van der Waals surface area contributed by atoms with E-state index < -0.39 is 0 Å². The largest absolute Gasteiger partial charge is 0.370 e. The first-order chi connectivity index (χ1) is 11.6. The van der Waals surface area contributed by atoms with Crippen LogP contribution in [0.25, 0.3) is 0 Å². The molecular formula is C20H24Cl2N2O. The molecule has 1 aliphatic rings. The van der Waals surface area contributed by atoms with Gasteiger partial charge in [-0.1, -0.05) is 48.0 Å².